The summed E-state index contributed by atoms with van der Waals surface area (Å²) in [4.78, 5) is 24.0. The highest BCUT2D eigenvalue weighted by Gasteiger charge is 2.53. The number of carboxylic acids is 1. The summed E-state index contributed by atoms with van der Waals surface area (Å²) in [6.45, 7) is 0.515. The average molecular weight is 351 g/mol. The Morgan fingerprint density at radius 3 is 2.48 bits per heavy atom. The molecule has 126 valence electrons. The van der Waals surface area contributed by atoms with Gasteiger partial charge >= 0.3 is 18.2 Å². The van der Waals surface area contributed by atoms with E-state index in [-0.39, 0.29) is 0 Å². The molecular weight excluding hydrogens is 337 g/mol. The van der Waals surface area contributed by atoms with Crippen LogP contribution in [0.15, 0.2) is 18.2 Å². The van der Waals surface area contributed by atoms with Gasteiger partial charge in [-0.05, 0) is 30.7 Å². The molecule has 2 amide bonds. The van der Waals surface area contributed by atoms with Crippen LogP contribution >= 0.6 is 11.6 Å². The van der Waals surface area contributed by atoms with Crippen molar-refractivity contribution in [1.29, 1.82) is 0 Å². The van der Waals surface area contributed by atoms with Crippen LogP contribution in [0.3, 0.4) is 0 Å². The molecule has 1 aromatic carbocycles. The van der Waals surface area contributed by atoms with E-state index >= 15 is 0 Å². The quantitative estimate of drug-likeness (QED) is 0.859. The number of urea groups is 1. The molecule has 1 aliphatic rings. The van der Waals surface area contributed by atoms with E-state index in [2.05, 4.69) is 5.32 Å². The maximum absolute atomic E-state index is 12.9. The van der Waals surface area contributed by atoms with Crippen molar-refractivity contribution in [2.75, 3.05) is 18.4 Å². The number of nitrogens with one attached hydrogen (secondary N) is 1. The van der Waals surface area contributed by atoms with Gasteiger partial charge in [0.15, 0.2) is 0 Å². The molecule has 0 saturated carbocycles. The maximum atomic E-state index is 12.9. The number of hydrogen-bond acceptors (Lipinski definition) is 2. The normalized spacial score (nSPS) is 21.3. The number of carboxylic acid groups (broad SMARTS) is 1. The van der Waals surface area contributed by atoms with Crippen LogP contribution in [0, 0.1) is 18.8 Å². The highest BCUT2D eigenvalue weighted by molar-refractivity contribution is 6.30. The Morgan fingerprint density at radius 2 is 2.00 bits per heavy atom. The molecule has 2 N–H and O–H groups in total. The number of hydrogen-bond donors (Lipinski definition) is 2. The number of carbonyl (C=O) groups is 2. The molecule has 1 fully saturated rings. The second kappa shape index (κ2) is 6.27. The van der Waals surface area contributed by atoms with Crippen molar-refractivity contribution in [3.8, 4) is 0 Å². The predicted octanol–water partition coefficient (Wildman–Crippen LogP) is 3.38. The molecule has 0 spiro atoms. The number of alkyl halides is 3. The molecule has 0 unspecified atom stereocenters. The third kappa shape index (κ3) is 3.87. The number of anilines is 1. The van der Waals surface area contributed by atoms with Gasteiger partial charge in [-0.2, -0.15) is 13.2 Å². The van der Waals surface area contributed by atoms with E-state index < -0.39 is 43.1 Å². The summed E-state index contributed by atoms with van der Waals surface area (Å²) in [5.41, 5.74) is 1.05. The van der Waals surface area contributed by atoms with E-state index in [0.717, 1.165) is 4.90 Å². The minimum Gasteiger partial charge on any atom is -0.481 e. The monoisotopic (exact) mass is 350 g/mol. The van der Waals surface area contributed by atoms with Gasteiger partial charge in [0.25, 0.3) is 0 Å². The van der Waals surface area contributed by atoms with Crippen molar-refractivity contribution >= 4 is 29.3 Å². The standard InChI is InChI=1S/C14H14ClF3N2O3/c1-7-4-8(15)2-3-11(7)19-13(23)20-5-9(12(21)22)10(6-20)14(16,17)18/h2-4,9-10H,5-6H2,1H3,(H,19,23)(H,21,22)/t9-,10-/m1/s1. The molecule has 1 heterocycles. The fourth-order valence-corrected chi connectivity index (χ4v) is 2.74. The number of aliphatic carboxylic acids is 1. The first-order valence-corrected chi connectivity index (χ1v) is 7.09. The molecular formula is C14H14ClF3N2O3. The van der Waals surface area contributed by atoms with Crippen molar-refractivity contribution in [3.63, 3.8) is 0 Å². The first kappa shape index (κ1) is 17.4. The lowest BCUT2D eigenvalue weighted by Crippen LogP contribution is -2.35. The van der Waals surface area contributed by atoms with Crippen LogP contribution in [-0.2, 0) is 4.79 Å². The van der Waals surface area contributed by atoms with Crippen LogP contribution in [0.25, 0.3) is 0 Å². The molecule has 5 nitrogen and oxygen atoms in total. The van der Waals surface area contributed by atoms with Crippen molar-refractivity contribution in [2.45, 2.75) is 13.1 Å². The van der Waals surface area contributed by atoms with E-state index in [4.69, 9.17) is 16.7 Å². The van der Waals surface area contributed by atoms with Gasteiger partial charge in [0, 0.05) is 23.8 Å². The van der Waals surface area contributed by atoms with Gasteiger partial charge in [-0.15, -0.1) is 0 Å². The van der Waals surface area contributed by atoms with Gasteiger partial charge in [-0.1, -0.05) is 11.6 Å². The van der Waals surface area contributed by atoms with Crippen LogP contribution in [0.5, 0.6) is 0 Å². The molecule has 0 aliphatic carbocycles. The van der Waals surface area contributed by atoms with Gasteiger partial charge in [0.05, 0.1) is 11.8 Å². The highest BCUT2D eigenvalue weighted by atomic mass is 35.5. The molecule has 0 aromatic heterocycles. The van der Waals surface area contributed by atoms with Crippen molar-refractivity contribution < 1.29 is 27.9 Å². The summed E-state index contributed by atoms with van der Waals surface area (Å²) < 4.78 is 38.7. The fraction of sp³-hybridized carbons (Fsp3) is 0.429. The number of nitrogens with zero attached hydrogens (tertiary/aromatic N) is 1. The van der Waals surface area contributed by atoms with Gasteiger partial charge in [-0.25, -0.2) is 4.79 Å². The Bertz CT molecular complexity index is 636. The first-order valence-electron chi connectivity index (χ1n) is 6.71. The maximum Gasteiger partial charge on any atom is 0.394 e. The van der Waals surface area contributed by atoms with Gasteiger partial charge < -0.3 is 15.3 Å². The minimum atomic E-state index is -4.67. The van der Waals surface area contributed by atoms with Gasteiger partial charge in [0.1, 0.15) is 0 Å². The van der Waals surface area contributed by atoms with E-state index in [9.17, 15) is 22.8 Å². The van der Waals surface area contributed by atoms with E-state index in [1.807, 2.05) is 0 Å². The van der Waals surface area contributed by atoms with Crippen LogP contribution in [0.4, 0.5) is 23.7 Å². The first-order chi connectivity index (χ1) is 10.6. The number of halogens is 4. The van der Waals surface area contributed by atoms with E-state index in [1.54, 1.807) is 13.0 Å². The lowest BCUT2D eigenvalue weighted by atomic mass is 9.96. The van der Waals surface area contributed by atoms with Crippen molar-refractivity contribution in [1.82, 2.24) is 4.90 Å². The zero-order valence-corrected chi connectivity index (χ0v) is 12.8. The lowest BCUT2D eigenvalue weighted by Gasteiger charge is -2.19. The van der Waals surface area contributed by atoms with Gasteiger partial charge in [0.2, 0.25) is 0 Å². The number of rotatable bonds is 2. The van der Waals surface area contributed by atoms with Crippen molar-refractivity contribution in [3.05, 3.63) is 28.8 Å². The topological polar surface area (TPSA) is 69.6 Å². The summed E-state index contributed by atoms with van der Waals surface area (Å²) in [5, 5.41) is 11.9. The number of aryl methyl sites for hydroxylation is 1. The molecule has 1 aromatic rings. The minimum absolute atomic E-state index is 0.404. The van der Waals surface area contributed by atoms with Crippen LogP contribution in [0.1, 0.15) is 5.56 Å². The Kier molecular flexibility index (Phi) is 4.74. The zero-order valence-electron chi connectivity index (χ0n) is 12.0. The summed E-state index contributed by atoms with van der Waals surface area (Å²) in [5.74, 6) is -5.30. The fourth-order valence-electron chi connectivity index (χ4n) is 2.51. The molecule has 2 atom stereocenters. The lowest BCUT2D eigenvalue weighted by molar-refractivity contribution is -0.187. The molecule has 0 bridgehead atoms. The van der Waals surface area contributed by atoms with Crippen molar-refractivity contribution in [2.24, 2.45) is 11.8 Å². The summed E-state index contributed by atoms with van der Waals surface area (Å²) in [6, 6.07) is 3.89. The second-order valence-electron chi connectivity index (χ2n) is 5.39. The molecule has 2 rings (SSSR count). The number of benzene rings is 1. The third-order valence-corrected chi connectivity index (χ3v) is 4.01. The summed E-state index contributed by atoms with van der Waals surface area (Å²) in [6.07, 6.45) is -4.67. The summed E-state index contributed by atoms with van der Waals surface area (Å²) >= 11 is 5.79. The number of carbonyl (C=O) groups excluding carboxylic acids is 1. The number of amides is 2. The Morgan fingerprint density at radius 1 is 1.35 bits per heavy atom. The smallest absolute Gasteiger partial charge is 0.394 e. The van der Waals surface area contributed by atoms with E-state index in [1.165, 1.54) is 12.1 Å². The van der Waals surface area contributed by atoms with Crippen LogP contribution < -0.4 is 5.32 Å². The van der Waals surface area contributed by atoms with Crippen LogP contribution in [-0.4, -0.2) is 41.3 Å². The van der Waals surface area contributed by atoms with Crippen LogP contribution in [0.2, 0.25) is 5.02 Å². The van der Waals surface area contributed by atoms with Gasteiger partial charge in [-0.3, -0.25) is 4.79 Å². The molecule has 1 aliphatic heterocycles. The molecule has 0 radical (unpaired) electrons. The second-order valence-corrected chi connectivity index (χ2v) is 5.82. The SMILES string of the molecule is Cc1cc(Cl)ccc1NC(=O)N1C[C@@H](C(F)(F)F)[C@H](C(=O)O)C1. The Balaban J connectivity index is 2.13. The molecule has 1 saturated heterocycles. The summed E-state index contributed by atoms with van der Waals surface area (Å²) in [7, 11) is 0. The Hall–Kier alpha value is -1.96. The average Bonchev–Trinajstić information content (AvgIpc) is 2.87. The highest BCUT2D eigenvalue weighted by Crippen LogP contribution is 2.38. The third-order valence-electron chi connectivity index (χ3n) is 3.77. The largest absolute Gasteiger partial charge is 0.481 e. The number of likely N-dealkylation sites (tertiary alicyclic amines) is 1. The predicted molar refractivity (Wildman–Crippen MR) is 77.5 cm³/mol. The zero-order chi connectivity index (χ0) is 17.4. The molecule has 9 heteroatoms. The van der Waals surface area contributed by atoms with E-state index in [0.29, 0.717) is 16.3 Å². The Labute approximate surface area is 135 Å². The molecule has 23 heavy (non-hydrogen) atoms.